The monoisotopic (exact) mass is 284 g/mol. The molecule has 0 saturated carbocycles. The van der Waals surface area contributed by atoms with Crippen molar-refractivity contribution in [2.24, 2.45) is 5.41 Å². The number of hydrogen-bond acceptors (Lipinski definition) is 5. The second-order valence-electron chi connectivity index (χ2n) is 5.28. The number of rotatable bonds is 5. The molecule has 1 aromatic heterocycles. The highest BCUT2D eigenvalue weighted by Gasteiger charge is 2.20. The SMILES string of the molecule is Cc1nnc(NC(=O)CCCNC(=O)C(C)(C)C)s1. The van der Waals surface area contributed by atoms with E-state index in [1.165, 1.54) is 11.3 Å². The molecule has 2 N–H and O–H groups in total. The van der Waals surface area contributed by atoms with Crippen LogP contribution in [0.4, 0.5) is 5.13 Å². The summed E-state index contributed by atoms with van der Waals surface area (Å²) in [6, 6.07) is 0. The Kier molecular flexibility index (Phi) is 5.41. The first-order chi connectivity index (χ1) is 8.79. The summed E-state index contributed by atoms with van der Waals surface area (Å²) in [4.78, 5) is 23.2. The van der Waals surface area contributed by atoms with Gasteiger partial charge in [0.25, 0.3) is 0 Å². The Morgan fingerprint density at radius 2 is 1.95 bits per heavy atom. The van der Waals surface area contributed by atoms with E-state index in [1.54, 1.807) is 0 Å². The number of amides is 2. The molecule has 7 heteroatoms. The third-order valence-electron chi connectivity index (χ3n) is 2.32. The van der Waals surface area contributed by atoms with E-state index in [4.69, 9.17) is 0 Å². The third kappa shape index (κ3) is 5.78. The van der Waals surface area contributed by atoms with Gasteiger partial charge < -0.3 is 10.6 Å². The molecule has 19 heavy (non-hydrogen) atoms. The maximum atomic E-state index is 11.6. The van der Waals surface area contributed by atoms with Gasteiger partial charge >= 0.3 is 0 Å². The number of aryl methyl sites for hydroxylation is 1. The molecule has 106 valence electrons. The van der Waals surface area contributed by atoms with E-state index in [1.807, 2.05) is 27.7 Å². The van der Waals surface area contributed by atoms with Crippen molar-refractivity contribution in [1.82, 2.24) is 15.5 Å². The van der Waals surface area contributed by atoms with Crippen molar-refractivity contribution in [2.75, 3.05) is 11.9 Å². The fourth-order valence-corrected chi connectivity index (χ4v) is 1.85. The van der Waals surface area contributed by atoms with E-state index in [0.717, 1.165) is 5.01 Å². The number of anilines is 1. The van der Waals surface area contributed by atoms with Crippen molar-refractivity contribution in [1.29, 1.82) is 0 Å². The standard InChI is InChI=1S/C12H20N4O2S/c1-8-15-16-11(19-8)14-9(17)6-5-7-13-10(18)12(2,3)4/h5-7H2,1-4H3,(H,13,18)(H,14,16,17). The summed E-state index contributed by atoms with van der Waals surface area (Å²) in [6.45, 7) is 7.89. The molecule has 1 heterocycles. The minimum atomic E-state index is -0.396. The summed E-state index contributed by atoms with van der Waals surface area (Å²) in [7, 11) is 0. The average Bonchev–Trinajstić information content (AvgIpc) is 2.68. The highest BCUT2D eigenvalue weighted by atomic mass is 32.1. The van der Waals surface area contributed by atoms with Gasteiger partial charge in [-0.1, -0.05) is 32.1 Å². The summed E-state index contributed by atoms with van der Waals surface area (Å²) >= 11 is 1.34. The number of hydrogen-bond donors (Lipinski definition) is 2. The van der Waals surface area contributed by atoms with Crippen LogP contribution in [0.5, 0.6) is 0 Å². The first-order valence-corrected chi connectivity index (χ1v) is 6.99. The van der Waals surface area contributed by atoms with Crippen molar-refractivity contribution in [3.8, 4) is 0 Å². The summed E-state index contributed by atoms with van der Waals surface area (Å²) in [6.07, 6.45) is 0.953. The Balaban J connectivity index is 2.19. The lowest BCUT2D eigenvalue weighted by Crippen LogP contribution is -2.35. The normalized spacial score (nSPS) is 11.2. The van der Waals surface area contributed by atoms with Crippen LogP contribution in [0.3, 0.4) is 0 Å². The summed E-state index contributed by atoms with van der Waals surface area (Å²) in [5.41, 5.74) is -0.396. The van der Waals surface area contributed by atoms with Gasteiger partial charge in [0.2, 0.25) is 16.9 Å². The molecule has 0 atom stereocenters. The maximum Gasteiger partial charge on any atom is 0.226 e. The van der Waals surface area contributed by atoms with Crippen molar-refractivity contribution in [3.05, 3.63) is 5.01 Å². The van der Waals surface area contributed by atoms with Crippen molar-refractivity contribution >= 4 is 28.3 Å². The predicted molar refractivity (Wildman–Crippen MR) is 75.0 cm³/mol. The molecular formula is C12H20N4O2S. The molecule has 0 fully saturated rings. The predicted octanol–water partition coefficient (Wildman–Crippen LogP) is 1.73. The Hall–Kier alpha value is -1.50. The molecule has 0 radical (unpaired) electrons. The lowest BCUT2D eigenvalue weighted by Gasteiger charge is -2.17. The molecular weight excluding hydrogens is 264 g/mol. The molecule has 0 saturated heterocycles. The van der Waals surface area contributed by atoms with Crippen LogP contribution in [-0.2, 0) is 9.59 Å². The van der Waals surface area contributed by atoms with Crippen LogP contribution in [-0.4, -0.2) is 28.6 Å². The highest BCUT2D eigenvalue weighted by molar-refractivity contribution is 7.15. The lowest BCUT2D eigenvalue weighted by atomic mass is 9.96. The zero-order chi connectivity index (χ0) is 14.5. The van der Waals surface area contributed by atoms with Gasteiger partial charge in [0.1, 0.15) is 5.01 Å². The first kappa shape index (κ1) is 15.6. The second-order valence-corrected chi connectivity index (χ2v) is 6.47. The van der Waals surface area contributed by atoms with E-state index in [0.29, 0.717) is 24.5 Å². The van der Waals surface area contributed by atoms with Crippen LogP contribution < -0.4 is 10.6 Å². The lowest BCUT2D eigenvalue weighted by molar-refractivity contribution is -0.128. The van der Waals surface area contributed by atoms with Crippen molar-refractivity contribution < 1.29 is 9.59 Å². The Morgan fingerprint density at radius 1 is 1.26 bits per heavy atom. The van der Waals surface area contributed by atoms with Crippen LogP contribution in [0.25, 0.3) is 0 Å². The Morgan fingerprint density at radius 3 is 2.47 bits per heavy atom. The first-order valence-electron chi connectivity index (χ1n) is 6.17. The van der Waals surface area contributed by atoms with Gasteiger partial charge in [0.05, 0.1) is 0 Å². The van der Waals surface area contributed by atoms with Crippen LogP contribution in [0, 0.1) is 12.3 Å². The molecule has 0 spiro atoms. The van der Waals surface area contributed by atoms with Gasteiger partial charge in [-0.15, -0.1) is 10.2 Å². The number of carbonyl (C=O) groups excluding carboxylic acids is 2. The quantitative estimate of drug-likeness (QED) is 0.806. The van der Waals surface area contributed by atoms with E-state index < -0.39 is 5.41 Å². The van der Waals surface area contributed by atoms with Gasteiger partial charge in [-0.2, -0.15) is 0 Å². The molecule has 0 aromatic carbocycles. The number of carbonyl (C=O) groups is 2. The molecule has 1 rings (SSSR count). The van der Waals surface area contributed by atoms with Crippen LogP contribution >= 0.6 is 11.3 Å². The highest BCUT2D eigenvalue weighted by Crippen LogP contribution is 2.14. The van der Waals surface area contributed by atoms with Crippen molar-refractivity contribution in [3.63, 3.8) is 0 Å². The van der Waals surface area contributed by atoms with Gasteiger partial charge in [-0.05, 0) is 13.3 Å². The van der Waals surface area contributed by atoms with Crippen molar-refractivity contribution in [2.45, 2.75) is 40.5 Å². The topological polar surface area (TPSA) is 84.0 Å². The molecule has 0 aliphatic rings. The maximum absolute atomic E-state index is 11.6. The van der Waals surface area contributed by atoms with Gasteiger partial charge in [-0.3, -0.25) is 9.59 Å². The number of nitrogens with one attached hydrogen (secondary N) is 2. The van der Waals surface area contributed by atoms with Gasteiger partial charge in [0, 0.05) is 18.4 Å². The summed E-state index contributed by atoms with van der Waals surface area (Å²) < 4.78 is 0. The summed E-state index contributed by atoms with van der Waals surface area (Å²) in [5.74, 6) is -0.117. The largest absolute Gasteiger partial charge is 0.356 e. The number of nitrogens with zero attached hydrogens (tertiary/aromatic N) is 2. The van der Waals surface area contributed by atoms with Crippen LogP contribution in [0.1, 0.15) is 38.6 Å². The second kappa shape index (κ2) is 6.60. The smallest absolute Gasteiger partial charge is 0.226 e. The third-order valence-corrected chi connectivity index (χ3v) is 3.07. The van der Waals surface area contributed by atoms with Gasteiger partial charge in [-0.25, -0.2) is 0 Å². The van der Waals surface area contributed by atoms with E-state index in [2.05, 4.69) is 20.8 Å². The Labute approximate surface area is 117 Å². The van der Waals surface area contributed by atoms with Gasteiger partial charge in [0.15, 0.2) is 0 Å². The zero-order valence-corrected chi connectivity index (χ0v) is 12.6. The van der Waals surface area contributed by atoms with E-state index in [-0.39, 0.29) is 11.8 Å². The zero-order valence-electron chi connectivity index (χ0n) is 11.7. The fraction of sp³-hybridized carbons (Fsp3) is 0.667. The fourth-order valence-electron chi connectivity index (χ4n) is 1.24. The van der Waals surface area contributed by atoms with Crippen LogP contribution in [0.15, 0.2) is 0 Å². The number of aromatic nitrogens is 2. The summed E-state index contributed by atoms with van der Waals surface area (Å²) in [5, 5.41) is 14.4. The molecule has 1 aromatic rings. The molecule has 0 unspecified atom stereocenters. The minimum absolute atomic E-state index is 0.00680. The molecule has 6 nitrogen and oxygen atoms in total. The van der Waals surface area contributed by atoms with E-state index in [9.17, 15) is 9.59 Å². The van der Waals surface area contributed by atoms with Crippen LogP contribution in [0.2, 0.25) is 0 Å². The molecule has 2 amide bonds. The molecule has 0 bridgehead atoms. The molecule has 0 aliphatic carbocycles. The Bertz CT molecular complexity index is 451. The molecule has 0 aliphatic heterocycles. The minimum Gasteiger partial charge on any atom is -0.356 e. The van der Waals surface area contributed by atoms with E-state index >= 15 is 0 Å². The average molecular weight is 284 g/mol.